The fourth-order valence-electron chi connectivity index (χ4n) is 2.12. The first-order valence-corrected chi connectivity index (χ1v) is 8.41. The molecular weight excluding hydrogens is 320 g/mol. The summed E-state index contributed by atoms with van der Waals surface area (Å²) in [5.41, 5.74) is 0.770. The number of nitrogens with one attached hydrogen (secondary N) is 1. The van der Waals surface area contributed by atoms with Gasteiger partial charge in [-0.1, -0.05) is 6.07 Å². The Kier molecular flexibility index (Phi) is 4.08. The number of esters is 1. The molecule has 114 valence electrons. The van der Waals surface area contributed by atoms with Crippen molar-refractivity contribution in [1.82, 2.24) is 9.97 Å². The van der Waals surface area contributed by atoms with Crippen LogP contribution in [0.1, 0.15) is 21.1 Å². The molecule has 0 aliphatic carbocycles. The zero-order valence-electron chi connectivity index (χ0n) is 12.1. The lowest BCUT2D eigenvalue weighted by Crippen LogP contribution is -2.14. The van der Waals surface area contributed by atoms with Gasteiger partial charge >= 0.3 is 5.97 Å². The first kappa shape index (κ1) is 14.9. The molecule has 0 radical (unpaired) electrons. The predicted octanol–water partition coefficient (Wildman–Crippen LogP) is 2.95. The highest BCUT2D eigenvalue weighted by Gasteiger charge is 2.13. The van der Waals surface area contributed by atoms with Crippen LogP contribution in [0.4, 0.5) is 0 Å². The van der Waals surface area contributed by atoms with E-state index in [4.69, 9.17) is 4.74 Å². The summed E-state index contributed by atoms with van der Waals surface area (Å²) in [6, 6.07) is 3.77. The van der Waals surface area contributed by atoms with Gasteiger partial charge in [-0.2, -0.15) is 0 Å². The van der Waals surface area contributed by atoms with Gasteiger partial charge in [0.05, 0.1) is 11.8 Å². The van der Waals surface area contributed by atoms with Crippen LogP contribution >= 0.6 is 22.7 Å². The van der Waals surface area contributed by atoms with E-state index in [0.29, 0.717) is 16.0 Å². The van der Waals surface area contributed by atoms with E-state index >= 15 is 0 Å². The van der Waals surface area contributed by atoms with E-state index in [1.807, 2.05) is 31.4 Å². The van der Waals surface area contributed by atoms with Crippen molar-refractivity contribution in [3.05, 3.63) is 49.0 Å². The molecule has 0 bridgehead atoms. The summed E-state index contributed by atoms with van der Waals surface area (Å²) in [5, 5.41) is 2.54. The Bertz CT molecular complexity index is 878. The highest BCUT2D eigenvalue weighted by Crippen LogP contribution is 2.25. The number of nitrogens with zero attached hydrogens (tertiary/aromatic N) is 1. The maximum Gasteiger partial charge on any atom is 0.311 e. The highest BCUT2D eigenvalue weighted by molar-refractivity contribution is 7.18. The van der Waals surface area contributed by atoms with Crippen molar-refractivity contribution in [3.8, 4) is 0 Å². The van der Waals surface area contributed by atoms with Gasteiger partial charge in [0.2, 0.25) is 0 Å². The molecule has 0 aromatic carbocycles. The molecule has 3 aromatic heterocycles. The zero-order chi connectivity index (χ0) is 15.7. The Morgan fingerprint density at radius 2 is 2.23 bits per heavy atom. The van der Waals surface area contributed by atoms with Crippen LogP contribution in [-0.2, 0) is 22.6 Å². The fraction of sp³-hybridized carbons (Fsp3) is 0.267. The molecule has 0 aliphatic rings. The van der Waals surface area contributed by atoms with Crippen molar-refractivity contribution in [2.45, 2.75) is 26.9 Å². The van der Waals surface area contributed by atoms with E-state index in [0.717, 1.165) is 15.3 Å². The number of fused-ring (bicyclic) bond motifs is 1. The SMILES string of the molecule is Cc1sc2nc(COC(=O)Cc3cccs3)[nH]c(=O)c2c1C. The molecule has 0 saturated heterocycles. The first-order valence-electron chi connectivity index (χ1n) is 6.71. The number of hydrogen-bond donors (Lipinski definition) is 1. The van der Waals surface area contributed by atoms with Gasteiger partial charge in [0.15, 0.2) is 0 Å². The number of H-pyrrole nitrogens is 1. The molecule has 0 amide bonds. The smallest absolute Gasteiger partial charge is 0.311 e. The molecule has 5 nitrogen and oxygen atoms in total. The molecule has 7 heteroatoms. The van der Waals surface area contributed by atoms with Gasteiger partial charge in [0.1, 0.15) is 17.3 Å². The second-order valence-electron chi connectivity index (χ2n) is 4.89. The Hall–Kier alpha value is -1.99. The number of hydrogen-bond acceptors (Lipinski definition) is 6. The summed E-state index contributed by atoms with van der Waals surface area (Å²) < 4.78 is 5.18. The van der Waals surface area contributed by atoms with Crippen LogP contribution in [0.15, 0.2) is 22.3 Å². The molecule has 3 heterocycles. The van der Waals surface area contributed by atoms with Crippen molar-refractivity contribution >= 4 is 38.9 Å². The van der Waals surface area contributed by atoms with Crippen LogP contribution in [0, 0.1) is 13.8 Å². The normalized spacial score (nSPS) is 11.0. The van der Waals surface area contributed by atoms with E-state index in [1.54, 1.807) is 0 Å². The average molecular weight is 334 g/mol. The molecule has 22 heavy (non-hydrogen) atoms. The van der Waals surface area contributed by atoms with Gasteiger partial charge in [-0.05, 0) is 30.9 Å². The molecule has 0 atom stereocenters. The molecule has 0 fully saturated rings. The number of rotatable bonds is 4. The van der Waals surface area contributed by atoms with E-state index in [9.17, 15) is 9.59 Å². The molecule has 0 spiro atoms. The van der Waals surface area contributed by atoms with E-state index in [2.05, 4.69) is 9.97 Å². The fourth-order valence-corrected chi connectivity index (χ4v) is 3.86. The van der Waals surface area contributed by atoms with Gasteiger partial charge in [0, 0.05) is 9.75 Å². The number of ether oxygens (including phenoxy) is 1. The molecule has 3 rings (SSSR count). The number of aromatic nitrogens is 2. The topological polar surface area (TPSA) is 72.0 Å². The molecule has 0 unspecified atom stereocenters. The quantitative estimate of drug-likeness (QED) is 0.745. The second-order valence-corrected chi connectivity index (χ2v) is 7.13. The van der Waals surface area contributed by atoms with Crippen LogP contribution in [0.3, 0.4) is 0 Å². The van der Waals surface area contributed by atoms with Crippen molar-refractivity contribution in [3.63, 3.8) is 0 Å². The summed E-state index contributed by atoms with van der Waals surface area (Å²) in [5.74, 6) is 0.0435. The molecule has 1 N–H and O–H groups in total. The van der Waals surface area contributed by atoms with Crippen molar-refractivity contribution in [2.75, 3.05) is 0 Å². The minimum atomic E-state index is -0.330. The summed E-state index contributed by atoms with van der Waals surface area (Å²) >= 11 is 2.98. The highest BCUT2D eigenvalue weighted by atomic mass is 32.1. The standard InChI is InChI=1S/C15H14N2O3S2/c1-8-9(2)22-15-13(8)14(19)16-11(17-15)7-20-12(18)6-10-4-3-5-21-10/h3-5H,6-7H2,1-2H3,(H,16,17,19). The molecule has 0 saturated carbocycles. The van der Waals surface area contributed by atoms with Crippen LogP contribution in [0.25, 0.3) is 10.2 Å². The van der Waals surface area contributed by atoms with Crippen LogP contribution in [0.2, 0.25) is 0 Å². The average Bonchev–Trinajstić information content (AvgIpc) is 3.06. The number of thiophene rings is 2. The maximum atomic E-state index is 12.1. The Morgan fingerprint density at radius 3 is 2.95 bits per heavy atom. The summed E-state index contributed by atoms with van der Waals surface area (Å²) in [4.78, 5) is 33.6. The molecule has 0 aliphatic heterocycles. The van der Waals surface area contributed by atoms with Gasteiger partial charge < -0.3 is 9.72 Å². The number of aromatic amines is 1. The van der Waals surface area contributed by atoms with E-state index in [-0.39, 0.29) is 24.6 Å². The van der Waals surface area contributed by atoms with Crippen LogP contribution < -0.4 is 5.56 Å². The van der Waals surface area contributed by atoms with Gasteiger partial charge in [0.25, 0.3) is 5.56 Å². The third-order valence-corrected chi connectivity index (χ3v) is 5.33. The number of aryl methyl sites for hydroxylation is 2. The van der Waals surface area contributed by atoms with Crippen LogP contribution in [0.5, 0.6) is 0 Å². The summed E-state index contributed by atoms with van der Waals surface area (Å²) in [6.07, 6.45) is 0.237. The van der Waals surface area contributed by atoms with Gasteiger partial charge in [-0.15, -0.1) is 22.7 Å². The lowest BCUT2D eigenvalue weighted by Gasteiger charge is -2.03. The molecular formula is C15H14N2O3S2. The summed E-state index contributed by atoms with van der Waals surface area (Å²) in [7, 11) is 0. The minimum Gasteiger partial charge on any atom is -0.457 e. The Balaban J connectivity index is 1.74. The Morgan fingerprint density at radius 1 is 1.41 bits per heavy atom. The number of carbonyl (C=O) groups excluding carboxylic acids is 1. The van der Waals surface area contributed by atoms with E-state index in [1.165, 1.54) is 22.7 Å². The lowest BCUT2D eigenvalue weighted by atomic mass is 10.2. The third-order valence-electron chi connectivity index (χ3n) is 3.36. The van der Waals surface area contributed by atoms with Crippen molar-refractivity contribution in [1.29, 1.82) is 0 Å². The van der Waals surface area contributed by atoms with Crippen molar-refractivity contribution < 1.29 is 9.53 Å². The van der Waals surface area contributed by atoms with Crippen molar-refractivity contribution in [2.24, 2.45) is 0 Å². The zero-order valence-corrected chi connectivity index (χ0v) is 13.8. The van der Waals surface area contributed by atoms with Crippen LogP contribution in [-0.4, -0.2) is 15.9 Å². The largest absolute Gasteiger partial charge is 0.457 e. The van der Waals surface area contributed by atoms with Gasteiger partial charge in [-0.3, -0.25) is 9.59 Å². The predicted molar refractivity (Wildman–Crippen MR) is 87.5 cm³/mol. The number of carbonyl (C=O) groups is 1. The monoisotopic (exact) mass is 334 g/mol. The second kappa shape index (κ2) is 6.02. The van der Waals surface area contributed by atoms with E-state index < -0.39 is 0 Å². The molecule has 3 aromatic rings. The first-order chi connectivity index (χ1) is 10.5. The third kappa shape index (κ3) is 2.95. The Labute approximate surface area is 134 Å². The minimum absolute atomic E-state index is 0.0224. The lowest BCUT2D eigenvalue weighted by molar-refractivity contribution is -0.144. The van der Waals surface area contributed by atoms with Gasteiger partial charge in [-0.25, -0.2) is 4.98 Å². The summed E-state index contributed by atoms with van der Waals surface area (Å²) in [6.45, 7) is 3.85. The maximum absolute atomic E-state index is 12.1.